The number of nitrogens with zero attached hydrogens (tertiary/aromatic N) is 2. The molecule has 154 valence electrons. The Kier molecular flexibility index (Phi) is 5.71. The molecular weight excluding hydrogens is 404 g/mol. The highest BCUT2D eigenvalue weighted by Crippen LogP contribution is 2.32. The molecule has 4 rings (SSSR count). The number of aromatic nitrogens is 3. The van der Waals surface area contributed by atoms with E-state index in [1.165, 1.54) is 11.8 Å². The van der Waals surface area contributed by atoms with Gasteiger partial charge in [-0.1, -0.05) is 30.8 Å². The molecule has 0 saturated heterocycles. The van der Waals surface area contributed by atoms with Crippen LogP contribution in [0.25, 0.3) is 11.3 Å². The number of ether oxygens (including phenoxy) is 1. The monoisotopic (exact) mass is 425 g/mol. The van der Waals surface area contributed by atoms with Gasteiger partial charge in [-0.15, -0.1) is 0 Å². The van der Waals surface area contributed by atoms with Crippen LogP contribution in [0.2, 0.25) is 0 Å². The van der Waals surface area contributed by atoms with Crippen molar-refractivity contribution in [1.29, 1.82) is 0 Å². The minimum Gasteiger partial charge on any atom is -0.482 e. The van der Waals surface area contributed by atoms with Crippen LogP contribution in [0, 0.1) is 0 Å². The van der Waals surface area contributed by atoms with E-state index in [1.807, 2.05) is 36.4 Å². The van der Waals surface area contributed by atoms with Crippen LogP contribution in [-0.4, -0.2) is 33.5 Å². The van der Waals surface area contributed by atoms with Gasteiger partial charge in [-0.25, -0.2) is 4.79 Å². The Hall–Kier alpha value is -3.33. The van der Waals surface area contributed by atoms with Gasteiger partial charge in [0.25, 0.3) is 6.17 Å². The molecule has 0 amide bonds. The molecule has 8 nitrogen and oxygen atoms in total. The SMILES string of the molecule is CCCSc1n[n+]2c(c(=O)[nH]1)-c1ccccc1N[C@H]2c1ccc(OCC(=O)O)cc1. The molecule has 0 bridgehead atoms. The van der Waals surface area contributed by atoms with Crippen LogP contribution in [0.4, 0.5) is 5.69 Å². The summed E-state index contributed by atoms with van der Waals surface area (Å²) < 4.78 is 6.93. The Morgan fingerprint density at radius 2 is 2.00 bits per heavy atom. The molecule has 2 aromatic carbocycles. The number of anilines is 1. The van der Waals surface area contributed by atoms with Crippen molar-refractivity contribution in [2.75, 3.05) is 17.7 Å². The van der Waals surface area contributed by atoms with Crippen molar-refractivity contribution in [2.24, 2.45) is 0 Å². The number of H-pyrrole nitrogens is 1. The van der Waals surface area contributed by atoms with Crippen molar-refractivity contribution in [2.45, 2.75) is 24.7 Å². The highest BCUT2D eigenvalue weighted by Gasteiger charge is 2.37. The molecule has 0 radical (unpaired) electrons. The summed E-state index contributed by atoms with van der Waals surface area (Å²) in [5.74, 6) is 0.280. The van der Waals surface area contributed by atoms with Crippen molar-refractivity contribution in [3.05, 3.63) is 64.4 Å². The summed E-state index contributed by atoms with van der Waals surface area (Å²) in [6.45, 7) is 1.67. The van der Waals surface area contributed by atoms with Gasteiger partial charge in [0.1, 0.15) is 5.75 Å². The summed E-state index contributed by atoms with van der Waals surface area (Å²) in [5.41, 5.74) is 2.79. The summed E-state index contributed by atoms with van der Waals surface area (Å²) in [7, 11) is 0. The molecule has 30 heavy (non-hydrogen) atoms. The number of fused-ring (bicyclic) bond motifs is 3. The zero-order valence-corrected chi connectivity index (χ0v) is 17.1. The van der Waals surface area contributed by atoms with E-state index >= 15 is 0 Å². The molecule has 1 aromatic heterocycles. The second-order valence-electron chi connectivity index (χ2n) is 6.74. The number of aromatic amines is 1. The molecule has 1 aliphatic heterocycles. The molecule has 1 atom stereocenters. The minimum atomic E-state index is -1.03. The van der Waals surface area contributed by atoms with Gasteiger partial charge in [-0.05, 0) is 47.5 Å². The van der Waals surface area contributed by atoms with Crippen molar-refractivity contribution in [3.63, 3.8) is 0 Å². The topological polar surface area (TPSA) is 108 Å². The molecule has 0 spiro atoms. The van der Waals surface area contributed by atoms with Gasteiger partial charge < -0.3 is 15.2 Å². The Bertz CT molecular complexity index is 1130. The predicted octanol–water partition coefficient (Wildman–Crippen LogP) is 2.66. The highest BCUT2D eigenvalue weighted by atomic mass is 32.2. The second kappa shape index (κ2) is 8.58. The van der Waals surface area contributed by atoms with Gasteiger partial charge in [0.05, 0.1) is 11.3 Å². The number of benzene rings is 2. The number of hydrogen-bond acceptors (Lipinski definition) is 6. The van der Waals surface area contributed by atoms with E-state index < -0.39 is 18.7 Å². The quantitative estimate of drug-likeness (QED) is 0.394. The molecule has 0 fully saturated rings. The molecule has 0 aliphatic carbocycles. The maximum atomic E-state index is 13.0. The average Bonchev–Trinajstić information content (AvgIpc) is 2.76. The van der Waals surface area contributed by atoms with Crippen molar-refractivity contribution in [1.82, 2.24) is 10.1 Å². The highest BCUT2D eigenvalue weighted by molar-refractivity contribution is 7.99. The van der Waals surface area contributed by atoms with Gasteiger partial charge in [0.2, 0.25) is 5.16 Å². The number of carbonyl (C=O) groups is 1. The average molecular weight is 425 g/mol. The Labute approximate surface area is 176 Å². The third kappa shape index (κ3) is 4.02. The normalized spacial score (nSPS) is 14.4. The van der Waals surface area contributed by atoms with Crippen LogP contribution in [0.15, 0.2) is 58.5 Å². The summed E-state index contributed by atoms with van der Waals surface area (Å²) in [6.07, 6.45) is 0.574. The third-order valence-electron chi connectivity index (χ3n) is 4.58. The van der Waals surface area contributed by atoms with Crippen LogP contribution in [0.3, 0.4) is 0 Å². The van der Waals surface area contributed by atoms with E-state index in [-0.39, 0.29) is 5.56 Å². The smallest absolute Gasteiger partial charge is 0.341 e. The Balaban J connectivity index is 1.76. The maximum Gasteiger partial charge on any atom is 0.341 e. The van der Waals surface area contributed by atoms with Crippen molar-refractivity contribution < 1.29 is 19.3 Å². The molecule has 0 unspecified atom stereocenters. The lowest BCUT2D eigenvalue weighted by molar-refractivity contribution is -0.759. The van der Waals surface area contributed by atoms with Crippen LogP contribution in [-0.2, 0) is 4.79 Å². The lowest BCUT2D eigenvalue weighted by Crippen LogP contribution is -2.55. The molecular formula is C21H21N4O4S+. The fraction of sp³-hybridized carbons (Fsp3) is 0.238. The Morgan fingerprint density at radius 1 is 1.23 bits per heavy atom. The first-order valence-electron chi connectivity index (χ1n) is 9.56. The molecule has 9 heteroatoms. The molecule has 3 aromatic rings. The zero-order chi connectivity index (χ0) is 21.1. The van der Waals surface area contributed by atoms with Crippen molar-refractivity contribution in [3.8, 4) is 17.0 Å². The standard InChI is InChI=1S/C21H20N4O4S/c1-2-11-30-21-23-20(28)18-15-5-3-4-6-16(15)22-19(25(18)24-21)13-7-9-14(10-8-13)29-12-17(26)27/h3-10,19H,2,11-12H2,1H3,(H2,23,24,26,27,28)/p+1/t19-/m1/s1. The summed E-state index contributed by atoms with van der Waals surface area (Å²) in [4.78, 5) is 26.5. The van der Waals surface area contributed by atoms with Gasteiger partial charge in [0.15, 0.2) is 6.61 Å². The first-order chi connectivity index (χ1) is 14.6. The van der Waals surface area contributed by atoms with Crippen LogP contribution < -0.4 is 20.3 Å². The minimum absolute atomic E-state index is 0.191. The third-order valence-corrected chi connectivity index (χ3v) is 5.65. The number of thioether (sulfide) groups is 1. The molecule has 2 heterocycles. The Morgan fingerprint density at radius 3 is 2.73 bits per heavy atom. The number of nitrogens with one attached hydrogen (secondary N) is 2. The lowest BCUT2D eigenvalue weighted by atomic mass is 10.0. The van der Waals surface area contributed by atoms with E-state index in [2.05, 4.69) is 17.2 Å². The number of para-hydroxylation sites is 1. The maximum absolute atomic E-state index is 13.0. The van der Waals surface area contributed by atoms with Gasteiger partial charge in [-0.3, -0.25) is 9.78 Å². The van der Waals surface area contributed by atoms with E-state index in [4.69, 9.17) is 14.9 Å². The van der Waals surface area contributed by atoms with Gasteiger partial charge in [0, 0.05) is 16.4 Å². The predicted molar refractivity (Wildman–Crippen MR) is 113 cm³/mol. The zero-order valence-electron chi connectivity index (χ0n) is 16.3. The van der Waals surface area contributed by atoms with Gasteiger partial charge >= 0.3 is 17.2 Å². The van der Waals surface area contributed by atoms with E-state index in [9.17, 15) is 9.59 Å². The summed E-state index contributed by atoms with van der Waals surface area (Å²) >= 11 is 1.51. The number of aliphatic carboxylic acids is 1. The van der Waals surface area contributed by atoms with Crippen molar-refractivity contribution >= 4 is 23.4 Å². The van der Waals surface area contributed by atoms with Crippen LogP contribution in [0.5, 0.6) is 5.75 Å². The largest absolute Gasteiger partial charge is 0.482 e. The second-order valence-corrected chi connectivity index (χ2v) is 7.83. The first-order valence-corrected chi connectivity index (χ1v) is 10.5. The molecule has 0 saturated carbocycles. The fourth-order valence-electron chi connectivity index (χ4n) is 3.27. The van der Waals surface area contributed by atoms with Gasteiger partial charge in [-0.2, -0.15) is 0 Å². The molecule has 1 aliphatic rings. The fourth-order valence-corrected chi connectivity index (χ4v) is 3.98. The van der Waals surface area contributed by atoms with E-state index in [0.29, 0.717) is 16.6 Å². The summed E-state index contributed by atoms with van der Waals surface area (Å²) in [6, 6.07) is 14.7. The number of hydrogen-bond donors (Lipinski definition) is 3. The number of carboxylic acid groups (broad SMARTS) is 1. The lowest BCUT2D eigenvalue weighted by Gasteiger charge is -2.22. The summed E-state index contributed by atoms with van der Waals surface area (Å²) in [5, 5.41) is 17.5. The first kappa shape index (κ1) is 20.0. The molecule has 3 N–H and O–H groups in total. The van der Waals surface area contributed by atoms with Crippen LogP contribution in [0.1, 0.15) is 25.1 Å². The number of carboxylic acids is 1. The number of rotatable bonds is 7. The van der Waals surface area contributed by atoms with Crippen LogP contribution >= 0.6 is 11.8 Å². The van der Waals surface area contributed by atoms with E-state index in [0.717, 1.165) is 29.0 Å². The van der Waals surface area contributed by atoms with E-state index in [1.54, 1.807) is 16.8 Å².